The Labute approximate surface area is 181 Å². The average molecular weight is 415 g/mol. The van der Waals surface area contributed by atoms with Crippen molar-refractivity contribution >= 4 is 17.4 Å². The number of carbonyl (C=O) groups excluding carboxylic acids is 1. The van der Waals surface area contributed by atoms with Gasteiger partial charge in [-0.2, -0.15) is 4.98 Å². The molecule has 2 aromatic carbocycles. The number of nitrogens with zero attached hydrogens (tertiary/aromatic N) is 5. The number of rotatable bonds is 6. The lowest BCUT2D eigenvalue weighted by Gasteiger charge is -2.22. The van der Waals surface area contributed by atoms with Gasteiger partial charge in [0.05, 0.1) is 13.2 Å². The van der Waals surface area contributed by atoms with Gasteiger partial charge in [0.1, 0.15) is 5.75 Å². The van der Waals surface area contributed by atoms with Crippen molar-refractivity contribution in [1.29, 1.82) is 0 Å². The molecule has 0 unspecified atom stereocenters. The molecule has 0 aliphatic carbocycles. The molecule has 2 heterocycles. The Morgan fingerprint density at radius 2 is 1.77 bits per heavy atom. The van der Waals surface area contributed by atoms with Crippen LogP contribution in [0.1, 0.15) is 40.1 Å². The molecule has 0 fully saturated rings. The fourth-order valence-corrected chi connectivity index (χ4v) is 3.54. The number of anilines is 1. The van der Waals surface area contributed by atoms with Crippen molar-refractivity contribution in [3.05, 3.63) is 82.9 Å². The van der Waals surface area contributed by atoms with E-state index in [9.17, 15) is 4.79 Å². The standard InChI is InChI=1S/C24H25N5O2/c1-5-31-20-12-10-19(11-13-20)28(23(30)21-9-7-6-8-16(21)2)15-22-26-24-25-17(3)14-18(4)29(24)27-22/h6-14H,5,15H2,1-4H3. The van der Waals surface area contributed by atoms with Crippen LogP contribution in [0.2, 0.25) is 0 Å². The van der Waals surface area contributed by atoms with Gasteiger partial charge in [0, 0.05) is 22.6 Å². The van der Waals surface area contributed by atoms with Crippen LogP contribution in [0, 0.1) is 20.8 Å². The Bertz CT molecular complexity index is 1230. The Kier molecular flexibility index (Phi) is 5.66. The maximum atomic E-state index is 13.5. The van der Waals surface area contributed by atoms with Gasteiger partial charge in [-0.15, -0.1) is 5.10 Å². The topological polar surface area (TPSA) is 72.6 Å². The summed E-state index contributed by atoms with van der Waals surface area (Å²) in [6.07, 6.45) is 0. The quantitative estimate of drug-likeness (QED) is 0.470. The zero-order valence-electron chi connectivity index (χ0n) is 18.2. The number of benzene rings is 2. The van der Waals surface area contributed by atoms with Gasteiger partial charge in [0.25, 0.3) is 11.7 Å². The second-order valence-electron chi connectivity index (χ2n) is 7.41. The van der Waals surface area contributed by atoms with Gasteiger partial charge in [-0.05, 0) is 69.7 Å². The Balaban J connectivity index is 1.74. The molecular weight excluding hydrogens is 390 g/mol. The lowest BCUT2D eigenvalue weighted by Crippen LogP contribution is -2.31. The molecular formula is C24H25N5O2. The summed E-state index contributed by atoms with van der Waals surface area (Å²) in [5.41, 5.74) is 4.13. The van der Waals surface area contributed by atoms with E-state index in [1.54, 1.807) is 9.42 Å². The van der Waals surface area contributed by atoms with Gasteiger partial charge < -0.3 is 9.64 Å². The fraction of sp³-hybridized carbons (Fsp3) is 0.250. The van der Waals surface area contributed by atoms with Gasteiger partial charge in [0.15, 0.2) is 5.82 Å². The summed E-state index contributed by atoms with van der Waals surface area (Å²) >= 11 is 0. The summed E-state index contributed by atoms with van der Waals surface area (Å²) in [4.78, 5) is 24.2. The maximum Gasteiger partial charge on any atom is 0.258 e. The van der Waals surface area contributed by atoms with E-state index in [1.807, 2.05) is 82.3 Å². The number of hydrogen-bond donors (Lipinski definition) is 0. The highest BCUT2D eigenvalue weighted by atomic mass is 16.5. The van der Waals surface area contributed by atoms with Crippen molar-refractivity contribution in [1.82, 2.24) is 19.6 Å². The lowest BCUT2D eigenvalue weighted by molar-refractivity contribution is 0.0984. The molecule has 0 saturated heterocycles. The first-order valence-electron chi connectivity index (χ1n) is 10.3. The predicted octanol–water partition coefficient (Wildman–Crippen LogP) is 4.30. The molecule has 158 valence electrons. The van der Waals surface area contributed by atoms with Gasteiger partial charge in [-0.1, -0.05) is 18.2 Å². The molecule has 0 saturated carbocycles. The first-order valence-corrected chi connectivity index (χ1v) is 10.3. The second-order valence-corrected chi connectivity index (χ2v) is 7.41. The largest absolute Gasteiger partial charge is 0.494 e. The molecule has 1 amide bonds. The summed E-state index contributed by atoms with van der Waals surface area (Å²) in [6, 6.07) is 17.0. The maximum absolute atomic E-state index is 13.5. The van der Waals surface area contributed by atoms with Crippen molar-refractivity contribution in [2.75, 3.05) is 11.5 Å². The summed E-state index contributed by atoms with van der Waals surface area (Å²) in [5.74, 6) is 1.71. The zero-order valence-corrected chi connectivity index (χ0v) is 18.2. The highest BCUT2D eigenvalue weighted by Gasteiger charge is 2.22. The number of hydrogen-bond acceptors (Lipinski definition) is 5. The van der Waals surface area contributed by atoms with Crippen molar-refractivity contribution in [3.63, 3.8) is 0 Å². The molecule has 4 rings (SSSR count). The molecule has 7 nitrogen and oxygen atoms in total. The van der Waals surface area contributed by atoms with Crippen LogP contribution in [0.5, 0.6) is 5.75 Å². The predicted molar refractivity (Wildman–Crippen MR) is 120 cm³/mol. The minimum atomic E-state index is -0.109. The van der Waals surface area contributed by atoms with Crippen LogP contribution in [-0.2, 0) is 6.54 Å². The Hall–Kier alpha value is -3.74. The minimum absolute atomic E-state index is 0.109. The molecule has 31 heavy (non-hydrogen) atoms. The molecule has 0 radical (unpaired) electrons. The summed E-state index contributed by atoms with van der Waals surface area (Å²) in [6.45, 7) is 8.57. The average Bonchev–Trinajstić information content (AvgIpc) is 3.16. The Morgan fingerprint density at radius 3 is 2.48 bits per heavy atom. The molecule has 0 atom stereocenters. The fourth-order valence-electron chi connectivity index (χ4n) is 3.54. The minimum Gasteiger partial charge on any atom is -0.494 e. The molecule has 0 N–H and O–H groups in total. The van der Waals surface area contributed by atoms with Crippen LogP contribution in [0.15, 0.2) is 54.6 Å². The van der Waals surface area contributed by atoms with E-state index in [1.165, 1.54) is 0 Å². The summed E-state index contributed by atoms with van der Waals surface area (Å²) in [5, 5.41) is 4.59. The van der Waals surface area contributed by atoms with Crippen LogP contribution in [-0.4, -0.2) is 32.1 Å². The van der Waals surface area contributed by atoms with E-state index in [4.69, 9.17) is 4.74 Å². The van der Waals surface area contributed by atoms with Crippen LogP contribution in [0.25, 0.3) is 5.78 Å². The molecule has 2 aromatic heterocycles. The molecule has 0 bridgehead atoms. The van der Waals surface area contributed by atoms with Gasteiger partial charge in [-0.25, -0.2) is 9.50 Å². The third-order valence-corrected chi connectivity index (χ3v) is 5.04. The first kappa shape index (κ1) is 20.5. The monoisotopic (exact) mass is 415 g/mol. The number of ether oxygens (including phenoxy) is 1. The number of fused-ring (bicyclic) bond motifs is 1. The lowest BCUT2D eigenvalue weighted by atomic mass is 10.1. The smallest absolute Gasteiger partial charge is 0.258 e. The molecule has 0 aliphatic rings. The van der Waals surface area contributed by atoms with Crippen molar-refractivity contribution in [2.45, 2.75) is 34.2 Å². The van der Waals surface area contributed by atoms with E-state index in [2.05, 4.69) is 15.1 Å². The first-order chi connectivity index (χ1) is 15.0. The highest BCUT2D eigenvalue weighted by Crippen LogP contribution is 2.24. The van der Waals surface area contributed by atoms with Crippen LogP contribution >= 0.6 is 0 Å². The third kappa shape index (κ3) is 4.26. The molecule has 0 spiro atoms. The number of aromatic nitrogens is 4. The highest BCUT2D eigenvalue weighted by molar-refractivity contribution is 6.06. The third-order valence-electron chi connectivity index (χ3n) is 5.04. The van der Waals surface area contributed by atoms with Gasteiger partial charge in [0.2, 0.25) is 0 Å². The van der Waals surface area contributed by atoms with Crippen molar-refractivity contribution in [2.24, 2.45) is 0 Å². The van der Waals surface area contributed by atoms with Crippen molar-refractivity contribution in [3.8, 4) is 5.75 Å². The number of carbonyl (C=O) groups is 1. The summed E-state index contributed by atoms with van der Waals surface area (Å²) < 4.78 is 7.25. The number of aryl methyl sites for hydroxylation is 3. The van der Waals surface area contributed by atoms with E-state index in [0.717, 1.165) is 28.4 Å². The second kappa shape index (κ2) is 8.55. The SMILES string of the molecule is CCOc1ccc(N(Cc2nc3nc(C)cc(C)n3n2)C(=O)c2ccccc2C)cc1. The van der Waals surface area contributed by atoms with Gasteiger partial charge >= 0.3 is 0 Å². The van der Waals surface area contributed by atoms with E-state index >= 15 is 0 Å². The van der Waals surface area contributed by atoms with E-state index in [-0.39, 0.29) is 12.5 Å². The molecule has 0 aliphatic heterocycles. The Morgan fingerprint density at radius 1 is 1.03 bits per heavy atom. The molecule has 7 heteroatoms. The van der Waals surface area contributed by atoms with E-state index in [0.29, 0.717) is 23.8 Å². The van der Waals surface area contributed by atoms with Crippen LogP contribution in [0.4, 0.5) is 5.69 Å². The van der Waals surface area contributed by atoms with Crippen molar-refractivity contribution < 1.29 is 9.53 Å². The normalized spacial score (nSPS) is 11.0. The van der Waals surface area contributed by atoms with Crippen LogP contribution in [0.3, 0.4) is 0 Å². The number of amides is 1. The van der Waals surface area contributed by atoms with Crippen LogP contribution < -0.4 is 9.64 Å². The zero-order chi connectivity index (χ0) is 22.0. The molecule has 4 aromatic rings. The summed E-state index contributed by atoms with van der Waals surface area (Å²) in [7, 11) is 0. The van der Waals surface area contributed by atoms with Gasteiger partial charge in [-0.3, -0.25) is 4.79 Å². The van der Waals surface area contributed by atoms with E-state index < -0.39 is 0 Å².